The Kier molecular flexibility index (Phi) is 4.62. The van der Waals surface area contributed by atoms with Crippen LogP contribution in [0.2, 0.25) is 5.02 Å². The Balaban J connectivity index is 2.37. The molecule has 0 aliphatic heterocycles. The first-order chi connectivity index (χ1) is 9.32. The molecule has 1 unspecified atom stereocenters. The summed E-state index contributed by atoms with van der Waals surface area (Å²) in [5.74, 6) is 1.50. The summed E-state index contributed by atoms with van der Waals surface area (Å²) >= 11 is 6.42. The lowest BCUT2D eigenvalue weighted by Gasteiger charge is -2.26. The van der Waals surface area contributed by atoms with Crippen molar-refractivity contribution in [3.8, 4) is 5.75 Å². The van der Waals surface area contributed by atoms with Crippen LogP contribution in [0.3, 0.4) is 0 Å². The van der Waals surface area contributed by atoms with Gasteiger partial charge in [-0.2, -0.15) is 0 Å². The van der Waals surface area contributed by atoms with E-state index in [0.717, 1.165) is 23.5 Å². The van der Waals surface area contributed by atoms with E-state index in [1.54, 1.807) is 0 Å². The summed E-state index contributed by atoms with van der Waals surface area (Å²) in [6.07, 6.45) is 2.53. The van der Waals surface area contributed by atoms with E-state index in [-0.39, 0.29) is 11.5 Å². The van der Waals surface area contributed by atoms with Gasteiger partial charge in [-0.15, -0.1) is 0 Å². The molecule has 0 saturated heterocycles. The van der Waals surface area contributed by atoms with Crippen LogP contribution in [0.25, 0.3) is 0 Å². The summed E-state index contributed by atoms with van der Waals surface area (Å²) in [7, 11) is 0. The normalized spacial score (nSPS) is 17.1. The van der Waals surface area contributed by atoms with Gasteiger partial charge in [0.05, 0.1) is 11.6 Å². The SMILES string of the molecule is CC(C)(C)c1cc(C(N)CN)cc(Cl)c1OCC1CC1. The van der Waals surface area contributed by atoms with Crippen LogP contribution in [0.5, 0.6) is 5.75 Å². The summed E-state index contributed by atoms with van der Waals surface area (Å²) in [5.41, 5.74) is 13.7. The highest BCUT2D eigenvalue weighted by Crippen LogP contribution is 2.40. The Bertz CT molecular complexity index is 478. The van der Waals surface area contributed by atoms with Gasteiger partial charge in [-0.3, -0.25) is 0 Å². The Hall–Kier alpha value is -0.770. The first kappa shape index (κ1) is 15.6. The highest BCUT2D eigenvalue weighted by Gasteiger charge is 2.26. The van der Waals surface area contributed by atoms with Gasteiger partial charge >= 0.3 is 0 Å². The number of halogens is 1. The molecule has 0 amide bonds. The third-order valence-corrected chi connectivity index (χ3v) is 4.00. The van der Waals surface area contributed by atoms with E-state index in [4.69, 9.17) is 27.8 Å². The van der Waals surface area contributed by atoms with Gasteiger partial charge in [0.25, 0.3) is 0 Å². The van der Waals surface area contributed by atoms with Gasteiger partial charge in [0, 0.05) is 18.2 Å². The number of benzene rings is 1. The van der Waals surface area contributed by atoms with Gasteiger partial charge < -0.3 is 16.2 Å². The predicted molar refractivity (Wildman–Crippen MR) is 84.4 cm³/mol. The number of hydrogen-bond donors (Lipinski definition) is 2. The molecule has 0 spiro atoms. The largest absolute Gasteiger partial charge is 0.491 e. The molecule has 0 radical (unpaired) electrons. The monoisotopic (exact) mass is 296 g/mol. The molecule has 3 nitrogen and oxygen atoms in total. The summed E-state index contributed by atoms with van der Waals surface area (Å²) in [6, 6.07) is 3.79. The minimum absolute atomic E-state index is 0.0488. The van der Waals surface area contributed by atoms with Crippen molar-refractivity contribution in [2.75, 3.05) is 13.2 Å². The van der Waals surface area contributed by atoms with Gasteiger partial charge in [0.1, 0.15) is 5.75 Å². The quantitative estimate of drug-likeness (QED) is 0.875. The van der Waals surface area contributed by atoms with Crippen molar-refractivity contribution in [2.24, 2.45) is 17.4 Å². The van der Waals surface area contributed by atoms with Crippen molar-refractivity contribution in [3.63, 3.8) is 0 Å². The average Bonchev–Trinajstić information content (AvgIpc) is 3.18. The zero-order valence-electron chi connectivity index (χ0n) is 12.6. The molecule has 1 aromatic rings. The molecular weight excluding hydrogens is 272 g/mol. The van der Waals surface area contributed by atoms with E-state index < -0.39 is 0 Å². The van der Waals surface area contributed by atoms with Crippen molar-refractivity contribution < 1.29 is 4.74 Å². The van der Waals surface area contributed by atoms with Gasteiger partial charge in [-0.25, -0.2) is 0 Å². The summed E-state index contributed by atoms with van der Waals surface area (Å²) < 4.78 is 5.98. The van der Waals surface area contributed by atoms with Crippen LogP contribution in [0, 0.1) is 5.92 Å². The zero-order chi connectivity index (χ0) is 14.9. The van der Waals surface area contributed by atoms with Crippen molar-refractivity contribution in [1.29, 1.82) is 0 Å². The van der Waals surface area contributed by atoms with Crippen LogP contribution in [0.1, 0.15) is 50.8 Å². The molecule has 1 aliphatic carbocycles. The number of rotatable bonds is 5. The second-order valence-electron chi connectivity index (χ2n) is 6.73. The smallest absolute Gasteiger partial charge is 0.141 e. The maximum Gasteiger partial charge on any atom is 0.141 e. The van der Waals surface area contributed by atoms with Crippen molar-refractivity contribution in [2.45, 2.75) is 45.1 Å². The number of nitrogens with two attached hydrogens (primary N) is 2. The van der Waals surface area contributed by atoms with E-state index in [2.05, 4.69) is 26.8 Å². The summed E-state index contributed by atoms with van der Waals surface area (Å²) in [6.45, 7) is 7.62. The van der Waals surface area contributed by atoms with Crippen LogP contribution in [0.15, 0.2) is 12.1 Å². The van der Waals surface area contributed by atoms with Crippen LogP contribution in [-0.4, -0.2) is 13.2 Å². The molecule has 0 heterocycles. The van der Waals surface area contributed by atoms with Gasteiger partial charge in [-0.05, 0) is 41.9 Å². The molecule has 112 valence electrons. The third-order valence-electron chi connectivity index (χ3n) is 3.72. The maximum absolute atomic E-state index is 6.42. The van der Waals surface area contributed by atoms with Crippen molar-refractivity contribution in [3.05, 3.63) is 28.3 Å². The zero-order valence-corrected chi connectivity index (χ0v) is 13.3. The summed E-state index contributed by atoms with van der Waals surface area (Å²) in [4.78, 5) is 0. The molecule has 4 heteroatoms. The second kappa shape index (κ2) is 5.92. The molecule has 1 aromatic carbocycles. The van der Waals surface area contributed by atoms with E-state index >= 15 is 0 Å². The predicted octanol–water partition coefficient (Wildman–Crippen LogP) is 3.38. The molecular formula is C16H25ClN2O. The summed E-state index contributed by atoms with van der Waals surface area (Å²) in [5, 5.41) is 0.636. The highest BCUT2D eigenvalue weighted by molar-refractivity contribution is 6.32. The molecule has 2 rings (SSSR count). The molecule has 20 heavy (non-hydrogen) atoms. The van der Waals surface area contributed by atoms with Crippen LogP contribution in [0.4, 0.5) is 0 Å². The Morgan fingerprint density at radius 2 is 2.00 bits per heavy atom. The van der Waals surface area contributed by atoms with Gasteiger partial charge in [0.15, 0.2) is 0 Å². The lowest BCUT2D eigenvalue weighted by molar-refractivity contribution is 0.292. The van der Waals surface area contributed by atoms with Crippen LogP contribution in [-0.2, 0) is 5.41 Å². The fraction of sp³-hybridized carbons (Fsp3) is 0.625. The molecule has 1 fully saturated rings. The minimum Gasteiger partial charge on any atom is -0.491 e. The first-order valence-corrected chi connectivity index (χ1v) is 7.63. The molecule has 1 saturated carbocycles. The molecule has 4 N–H and O–H groups in total. The van der Waals surface area contributed by atoms with Gasteiger partial charge in [-0.1, -0.05) is 32.4 Å². The lowest BCUT2D eigenvalue weighted by atomic mass is 9.84. The average molecular weight is 297 g/mol. The molecule has 1 aliphatic rings. The van der Waals surface area contributed by atoms with Crippen molar-refractivity contribution in [1.82, 2.24) is 0 Å². The Morgan fingerprint density at radius 3 is 2.50 bits per heavy atom. The third kappa shape index (κ3) is 3.66. The van der Waals surface area contributed by atoms with E-state index in [0.29, 0.717) is 17.5 Å². The fourth-order valence-electron chi connectivity index (χ4n) is 2.15. The van der Waals surface area contributed by atoms with Crippen LogP contribution < -0.4 is 16.2 Å². The first-order valence-electron chi connectivity index (χ1n) is 7.25. The minimum atomic E-state index is -0.189. The Labute approximate surface area is 126 Å². The van der Waals surface area contributed by atoms with E-state index in [1.165, 1.54) is 12.8 Å². The van der Waals surface area contributed by atoms with Crippen molar-refractivity contribution >= 4 is 11.6 Å². The molecule has 0 bridgehead atoms. The molecule has 0 aromatic heterocycles. The highest BCUT2D eigenvalue weighted by atomic mass is 35.5. The number of hydrogen-bond acceptors (Lipinski definition) is 3. The van der Waals surface area contributed by atoms with Gasteiger partial charge in [0.2, 0.25) is 0 Å². The van der Waals surface area contributed by atoms with Crippen LogP contribution >= 0.6 is 11.6 Å². The topological polar surface area (TPSA) is 61.3 Å². The second-order valence-corrected chi connectivity index (χ2v) is 7.13. The van der Waals surface area contributed by atoms with E-state index in [9.17, 15) is 0 Å². The standard InChI is InChI=1S/C16H25ClN2O/c1-16(2,3)12-6-11(14(19)8-18)7-13(17)15(12)20-9-10-4-5-10/h6-7,10,14H,4-5,8-9,18-19H2,1-3H3. The Morgan fingerprint density at radius 1 is 1.35 bits per heavy atom. The maximum atomic E-state index is 6.42. The van der Waals surface area contributed by atoms with E-state index in [1.807, 2.05) is 6.07 Å². The number of ether oxygens (including phenoxy) is 1. The fourth-order valence-corrected chi connectivity index (χ4v) is 2.44. The molecule has 1 atom stereocenters. The lowest BCUT2D eigenvalue weighted by Crippen LogP contribution is -2.22.